The second-order valence-corrected chi connectivity index (χ2v) is 6.90. The molecule has 128 valence electrons. The fourth-order valence-corrected chi connectivity index (χ4v) is 2.68. The number of benzene rings is 1. The third-order valence-corrected chi connectivity index (χ3v) is 4.59. The molecular formula is C18H16Cl2N4O. The van der Waals surface area contributed by atoms with E-state index in [-0.39, 0.29) is 5.91 Å². The number of pyridine rings is 1. The largest absolute Gasteiger partial charge is 0.343 e. The Morgan fingerprint density at radius 1 is 1.16 bits per heavy atom. The summed E-state index contributed by atoms with van der Waals surface area (Å²) in [6, 6.07) is 8.80. The van der Waals surface area contributed by atoms with E-state index in [4.69, 9.17) is 23.2 Å². The first kappa shape index (κ1) is 17.5. The molecule has 0 saturated heterocycles. The molecule has 0 unspecified atom stereocenters. The van der Waals surface area contributed by atoms with E-state index in [1.54, 1.807) is 47.6 Å². The Labute approximate surface area is 155 Å². The highest BCUT2D eigenvalue weighted by Crippen LogP contribution is 2.28. The molecule has 1 N–H and O–H groups in total. The smallest absolute Gasteiger partial charge is 0.253 e. The van der Waals surface area contributed by atoms with Crippen LogP contribution in [-0.4, -0.2) is 20.4 Å². The highest BCUT2D eigenvalue weighted by atomic mass is 35.5. The van der Waals surface area contributed by atoms with E-state index in [9.17, 15) is 4.79 Å². The molecule has 7 heteroatoms. The van der Waals surface area contributed by atoms with Gasteiger partial charge in [-0.1, -0.05) is 29.3 Å². The summed E-state index contributed by atoms with van der Waals surface area (Å²) in [5.74, 6) is 0.471. The van der Waals surface area contributed by atoms with Gasteiger partial charge in [0.15, 0.2) is 0 Å². The highest BCUT2D eigenvalue weighted by molar-refractivity contribution is 6.42. The molecule has 1 aromatic carbocycles. The molecule has 0 bridgehead atoms. The van der Waals surface area contributed by atoms with Crippen molar-refractivity contribution in [3.8, 4) is 5.82 Å². The summed E-state index contributed by atoms with van der Waals surface area (Å²) >= 11 is 12.0. The molecule has 3 aromatic rings. The SMILES string of the molecule is CC(C)(NC(=O)c1ccc(-n2ccnc2)nc1)c1ccc(Cl)c(Cl)c1. The molecule has 0 aliphatic carbocycles. The second kappa shape index (κ2) is 6.86. The number of halogens is 2. The minimum atomic E-state index is -0.617. The maximum atomic E-state index is 12.6. The number of carbonyl (C=O) groups is 1. The molecule has 0 fully saturated rings. The Balaban J connectivity index is 1.77. The average molecular weight is 375 g/mol. The first-order valence-electron chi connectivity index (χ1n) is 7.59. The van der Waals surface area contributed by atoms with Crippen molar-refractivity contribution in [3.05, 3.63) is 76.4 Å². The van der Waals surface area contributed by atoms with Crippen LogP contribution in [0, 0.1) is 0 Å². The molecule has 2 aromatic heterocycles. The minimum absolute atomic E-state index is 0.222. The summed E-state index contributed by atoms with van der Waals surface area (Å²) in [5, 5.41) is 3.92. The Kier molecular flexibility index (Phi) is 4.79. The lowest BCUT2D eigenvalue weighted by molar-refractivity contribution is 0.0911. The van der Waals surface area contributed by atoms with Gasteiger partial charge in [0.1, 0.15) is 12.1 Å². The van der Waals surface area contributed by atoms with Gasteiger partial charge in [-0.2, -0.15) is 0 Å². The first-order chi connectivity index (χ1) is 11.9. The van der Waals surface area contributed by atoms with Gasteiger partial charge in [-0.25, -0.2) is 9.97 Å². The molecule has 1 amide bonds. The van der Waals surface area contributed by atoms with E-state index >= 15 is 0 Å². The zero-order chi connectivity index (χ0) is 18.0. The summed E-state index contributed by atoms with van der Waals surface area (Å²) in [5.41, 5.74) is 0.712. The average Bonchev–Trinajstić information content (AvgIpc) is 3.11. The summed E-state index contributed by atoms with van der Waals surface area (Å²) in [6.07, 6.45) is 6.64. The van der Waals surface area contributed by atoms with Gasteiger partial charge >= 0.3 is 0 Å². The molecule has 25 heavy (non-hydrogen) atoms. The molecular weight excluding hydrogens is 359 g/mol. The lowest BCUT2D eigenvalue weighted by Crippen LogP contribution is -2.41. The van der Waals surface area contributed by atoms with Crippen LogP contribution in [0.2, 0.25) is 10.0 Å². The van der Waals surface area contributed by atoms with Crippen molar-refractivity contribution in [2.24, 2.45) is 0 Å². The van der Waals surface area contributed by atoms with Crippen molar-refractivity contribution in [1.29, 1.82) is 0 Å². The Bertz CT molecular complexity index is 890. The molecule has 3 rings (SSSR count). The minimum Gasteiger partial charge on any atom is -0.343 e. The predicted octanol–water partition coefficient (Wildman–Crippen LogP) is 4.24. The Morgan fingerprint density at radius 2 is 1.96 bits per heavy atom. The number of rotatable bonds is 4. The summed E-state index contributed by atoms with van der Waals surface area (Å²) in [6.45, 7) is 3.80. The molecule has 5 nitrogen and oxygen atoms in total. The lowest BCUT2D eigenvalue weighted by atomic mass is 9.94. The molecule has 0 radical (unpaired) electrons. The van der Waals surface area contributed by atoms with Gasteiger partial charge in [-0.05, 0) is 43.7 Å². The number of hydrogen-bond acceptors (Lipinski definition) is 3. The lowest BCUT2D eigenvalue weighted by Gasteiger charge is -2.27. The van der Waals surface area contributed by atoms with Crippen LogP contribution >= 0.6 is 23.2 Å². The fourth-order valence-electron chi connectivity index (χ4n) is 2.38. The standard InChI is InChI=1S/C18H16Cl2N4O/c1-18(2,13-4-5-14(19)15(20)9-13)23-17(25)12-3-6-16(22-10-12)24-8-7-21-11-24/h3-11H,1-2H3,(H,23,25). The van der Waals surface area contributed by atoms with Crippen LogP contribution in [0.5, 0.6) is 0 Å². The van der Waals surface area contributed by atoms with Crippen LogP contribution in [0.15, 0.2) is 55.2 Å². The van der Waals surface area contributed by atoms with Gasteiger partial charge in [0, 0.05) is 18.6 Å². The van der Waals surface area contributed by atoms with Crippen LogP contribution in [-0.2, 0) is 5.54 Å². The van der Waals surface area contributed by atoms with Gasteiger partial charge < -0.3 is 5.32 Å². The van der Waals surface area contributed by atoms with Crippen molar-refractivity contribution in [3.63, 3.8) is 0 Å². The van der Waals surface area contributed by atoms with Gasteiger partial charge in [0.05, 0.1) is 21.1 Å². The highest BCUT2D eigenvalue weighted by Gasteiger charge is 2.24. The second-order valence-electron chi connectivity index (χ2n) is 6.08. The molecule has 0 spiro atoms. The van der Waals surface area contributed by atoms with Crippen molar-refractivity contribution in [1.82, 2.24) is 19.9 Å². The molecule has 0 atom stereocenters. The molecule has 0 aliphatic heterocycles. The number of carbonyl (C=O) groups excluding carboxylic acids is 1. The third-order valence-electron chi connectivity index (χ3n) is 3.85. The van der Waals surface area contributed by atoms with Crippen LogP contribution < -0.4 is 5.32 Å². The Hall–Kier alpha value is -2.37. The van der Waals surface area contributed by atoms with E-state index in [1.165, 1.54) is 6.20 Å². The zero-order valence-corrected chi connectivity index (χ0v) is 15.2. The van der Waals surface area contributed by atoms with Crippen molar-refractivity contribution >= 4 is 29.1 Å². The number of imidazole rings is 1. The monoisotopic (exact) mass is 374 g/mol. The number of nitrogens with zero attached hydrogens (tertiary/aromatic N) is 3. The number of hydrogen-bond donors (Lipinski definition) is 1. The van der Waals surface area contributed by atoms with Gasteiger partial charge in [0.25, 0.3) is 5.91 Å². The quantitative estimate of drug-likeness (QED) is 0.742. The summed E-state index contributed by atoms with van der Waals surface area (Å²) in [4.78, 5) is 20.8. The van der Waals surface area contributed by atoms with Crippen molar-refractivity contribution < 1.29 is 4.79 Å². The van der Waals surface area contributed by atoms with E-state index in [0.29, 0.717) is 21.4 Å². The van der Waals surface area contributed by atoms with Crippen LogP contribution in [0.25, 0.3) is 5.82 Å². The zero-order valence-electron chi connectivity index (χ0n) is 13.7. The predicted molar refractivity (Wildman–Crippen MR) is 98.3 cm³/mol. The van der Waals surface area contributed by atoms with Gasteiger partial charge in [-0.3, -0.25) is 9.36 Å². The van der Waals surface area contributed by atoms with E-state index in [1.807, 2.05) is 19.9 Å². The van der Waals surface area contributed by atoms with Crippen molar-refractivity contribution in [2.45, 2.75) is 19.4 Å². The Morgan fingerprint density at radius 3 is 2.56 bits per heavy atom. The summed E-state index contributed by atoms with van der Waals surface area (Å²) < 4.78 is 1.77. The fraction of sp³-hybridized carbons (Fsp3) is 0.167. The first-order valence-corrected chi connectivity index (χ1v) is 8.35. The number of nitrogens with one attached hydrogen (secondary N) is 1. The molecule has 2 heterocycles. The molecule has 0 saturated carbocycles. The normalized spacial score (nSPS) is 11.4. The van der Waals surface area contributed by atoms with Crippen LogP contribution in [0.1, 0.15) is 29.8 Å². The van der Waals surface area contributed by atoms with E-state index in [2.05, 4.69) is 15.3 Å². The van der Waals surface area contributed by atoms with Gasteiger partial charge in [-0.15, -0.1) is 0 Å². The maximum Gasteiger partial charge on any atom is 0.253 e. The number of amides is 1. The summed E-state index contributed by atoms with van der Waals surface area (Å²) in [7, 11) is 0. The maximum absolute atomic E-state index is 12.6. The van der Waals surface area contributed by atoms with E-state index < -0.39 is 5.54 Å². The topological polar surface area (TPSA) is 59.8 Å². The van der Waals surface area contributed by atoms with Crippen LogP contribution in [0.3, 0.4) is 0 Å². The van der Waals surface area contributed by atoms with Crippen molar-refractivity contribution in [2.75, 3.05) is 0 Å². The number of aromatic nitrogens is 3. The van der Waals surface area contributed by atoms with Crippen LogP contribution in [0.4, 0.5) is 0 Å². The van der Waals surface area contributed by atoms with E-state index in [0.717, 1.165) is 5.56 Å². The van der Waals surface area contributed by atoms with Gasteiger partial charge in [0.2, 0.25) is 0 Å². The molecule has 0 aliphatic rings. The third kappa shape index (κ3) is 3.83.